The molecule has 39 heavy (non-hydrogen) atoms. The van der Waals surface area contributed by atoms with Gasteiger partial charge < -0.3 is 19.3 Å². The van der Waals surface area contributed by atoms with Crippen molar-refractivity contribution >= 4 is 17.6 Å². The fourth-order valence-electron chi connectivity index (χ4n) is 6.11. The lowest BCUT2D eigenvalue weighted by atomic mass is 9.98. The molecule has 200 valence electrons. The Bertz CT molecular complexity index is 1490. The van der Waals surface area contributed by atoms with Gasteiger partial charge in [0.2, 0.25) is 0 Å². The Labute approximate surface area is 228 Å². The fraction of sp³-hybridized carbons (Fsp3) is 0.323. The van der Waals surface area contributed by atoms with E-state index in [1.54, 1.807) is 18.2 Å². The molecule has 0 saturated carbocycles. The second kappa shape index (κ2) is 10.5. The van der Waals surface area contributed by atoms with Gasteiger partial charge in [-0.3, -0.25) is 4.90 Å². The number of piperidine rings is 1. The van der Waals surface area contributed by atoms with Crippen molar-refractivity contribution in [2.75, 3.05) is 19.6 Å². The Morgan fingerprint density at radius 2 is 1.79 bits per heavy atom. The minimum Gasteiger partial charge on any atom is -0.478 e. The van der Waals surface area contributed by atoms with E-state index in [9.17, 15) is 14.7 Å². The average Bonchev–Trinajstić information content (AvgIpc) is 3.57. The number of aromatic nitrogens is 2. The molecular formula is C31H33N5O3. The molecule has 2 fully saturated rings. The third-order valence-corrected chi connectivity index (χ3v) is 8.23. The first-order valence-electron chi connectivity index (χ1n) is 13.6. The topological polar surface area (TPSA) is 81.4 Å². The van der Waals surface area contributed by atoms with E-state index in [0.29, 0.717) is 13.1 Å². The van der Waals surface area contributed by atoms with Crippen LogP contribution in [-0.2, 0) is 13.1 Å². The Kier molecular flexibility index (Phi) is 6.79. The minimum atomic E-state index is -0.958. The van der Waals surface area contributed by atoms with Crippen LogP contribution >= 0.6 is 0 Å². The Morgan fingerprint density at radius 3 is 2.56 bits per heavy atom. The highest BCUT2D eigenvalue weighted by atomic mass is 16.4. The van der Waals surface area contributed by atoms with Crippen molar-refractivity contribution in [3.8, 4) is 0 Å². The Balaban J connectivity index is 1.17. The van der Waals surface area contributed by atoms with Gasteiger partial charge in [-0.2, -0.15) is 0 Å². The molecule has 8 nitrogen and oxygen atoms in total. The first-order valence-corrected chi connectivity index (χ1v) is 13.6. The molecule has 8 heteroatoms. The predicted molar refractivity (Wildman–Crippen MR) is 148 cm³/mol. The molecule has 1 atom stereocenters. The number of carbonyl (C=O) groups is 2. The molecule has 0 radical (unpaired) electrons. The monoisotopic (exact) mass is 523 g/mol. The first-order chi connectivity index (χ1) is 19.0. The number of carboxylic acids is 1. The number of hydrogen-bond donors (Lipinski definition) is 1. The first kappa shape index (κ1) is 25.1. The van der Waals surface area contributed by atoms with E-state index in [0.717, 1.165) is 49.2 Å². The minimum absolute atomic E-state index is 0.0243. The normalized spacial score (nSPS) is 18.8. The van der Waals surface area contributed by atoms with Crippen molar-refractivity contribution in [1.29, 1.82) is 0 Å². The Hall–Kier alpha value is -4.17. The zero-order valence-corrected chi connectivity index (χ0v) is 22.1. The summed E-state index contributed by atoms with van der Waals surface area (Å²) in [7, 11) is 0. The number of pyridine rings is 1. The maximum Gasteiger partial charge on any atom is 0.335 e. The summed E-state index contributed by atoms with van der Waals surface area (Å²) in [6, 6.07) is 21.6. The maximum atomic E-state index is 13.8. The highest BCUT2D eigenvalue weighted by molar-refractivity contribution is 5.87. The molecule has 2 aromatic heterocycles. The van der Waals surface area contributed by atoms with Gasteiger partial charge in [-0.25, -0.2) is 14.6 Å². The van der Waals surface area contributed by atoms with E-state index in [-0.39, 0.29) is 23.7 Å². The third kappa shape index (κ3) is 5.00. The van der Waals surface area contributed by atoms with Gasteiger partial charge in [0.1, 0.15) is 5.65 Å². The van der Waals surface area contributed by atoms with Gasteiger partial charge >= 0.3 is 12.0 Å². The Morgan fingerprint density at radius 1 is 1.00 bits per heavy atom. The molecule has 2 saturated heterocycles. The molecule has 6 rings (SSSR count). The van der Waals surface area contributed by atoms with E-state index in [1.165, 1.54) is 11.3 Å². The van der Waals surface area contributed by atoms with Gasteiger partial charge in [-0.15, -0.1) is 0 Å². The van der Waals surface area contributed by atoms with Gasteiger partial charge in [0.05, 0.1) is 11.6 Å². The van der Waals surface area contributed by atoms with E-state index in [4.69, 9.17) is 0 Å². The number of urea groups is 1. The van der Waals surface area contributed by atoms with Crippen molar-refractivity contribution in [1.82, 2.24) is 24.1 Å². The molecule has 2 aliphatic rings. The van der Waals surface area contributed by atoms with Crippen molar-refractivity contribution in [2.45, 2.75) is 44.9 Å². The quantitative estimate of drug-likeness (QED) is 0.369. The molecule has 0 unspecified atom stereocenters. The van der Waals surface area contributed by atoms with Crippen LogP contribution in [-0.4, -0.2) is 66.9 Å². The van der Waals surface area contributed by atoms with Gasteiger partial charge in [0, 0.05) is 56.9 Å². The molecule has 2 amide bonds. The number of nitrogens with zero attached hydrogens (tertiary/aromatic N) is 5. The summed E-state index contributed by atoms with van der Waals surface area (Å²) in [4.78, 5) is 36.1. The van der Waals surface area contributed by atoms with Crippen molar-refractivity contribution in [3.63, 3.8) is 0 Å². The average molecular weight is 524 g/mol. The van der Waals surface area contributed by atoms with Gasteiger partial charge in [0.15, 0.2) is 0 Å². The van der Waals surface area contributed by atoms with Crippen molar-refractivity contribution < 1.29 is 14.7 Å². The lowest BCUT2D eigenvalue weighted by Crippen LogP contribution is -2.47. The second-order valence-corrected chi connectivity index (χ2v) is 10.6. The number of hydrogen-bond acceptors (Lipinski definition) is 4. The summed E-state index contributed by atoms with van der Waals surface area (Å²) < 4.78 is 2.14. The SMILES string of the molecule is Cc1c(CN2CCC(N3C(=O)N(Cc4cccc(C(=O)O)c4)C[C@H]3c3ccccc3)CC2)ccc2nccn12. The highest BCUT2D eigenvalue weighted by Gasteiger charge is 2.42. The predicted octanol–water partition coefficient (Wildman–Crippen LogP) is 4.98. The van der Waals surface area contributed by atoms with Crippen LogP contribution in [0.2, 0.25) is 0 Å². The van der Waals surface area contributed by atoms with Crippen LogP contribution in [0.15, 0.2) is 79.1 Å². The fourth-order valence-corrected chi connectivity index (χ4v) is 6.11. The number of imidazole rings is 1. The molecule has 2 aromatic carbocycles. The van der Waals surface area contributed by atoms with Gasteiger partial charge in [0.25, 0.3) is 0 Å². The van der Waals surface area contributed by atoms with Crippen LogP contribution in [0, 0.1) is 6.92 Å². The second-order valence-electron chi connectivity index (χ2n) is 10.6. The third-order valence-electron chi connectivity index (χ3n) is 8.23. The van der Waals surface area contributed by atoms with Gasteiger partial charge in [-0.05, 0) is 54.7 Å². The number of likely N-dealkylation sites (tertiary alicyclic amines) is 1. The number of fused-ring (bicyclic) bond motifs is 1. The van der Waals surface area contributed by atoms with Gasteiger partial charge in [-0.1, -0.05) is 48.5 Å². The summed E-state index contributed by atoms with van der Waals surface area (Å²) in [5.74, 6) is -0.958. The number of aromatic carboxylic acids is 1. The van der Waals surface area contributed by atoms with Crippen LogP contribution in [0.1, 0.15) is 51.6 Å². The molecule has 2 aliphatic heterocycles. The number of amides is 2. The lowest BCUT2D eigenvalue weighted by molar-refractivity contribution is 0.0696. The van der Waals surface area contributed by atoms with E-state index in [1.807, 2.05) is 41.6 Å². The number of carboxylic acid groups (broad SMARTS) is 1. The largest absolute Gasteiger partial charge is 0.478 e. The van der Waals surface area contributed by atoms with Crippen LogP contribution in [0.3, 0.4) is 0 Å². The molecule has 0 bridgehead atoms. The van der Waals surface area contributed by atoms with Crippen molar-refractivity contribution in [3.05, 3.63) is 107 Å². The standard InChI is InChI=1S/C31H33N5O3/c1-22-26(10-11-29-32-14-17-35(22)29)20-33-15-12-27(13-16-33)36-28(24-7-3-2-4-8-24)21-34(31(36)39)19-23-6-5-9-25(18-23)30(37)38/h2-11,14,17-18,27-28H,12-13,15-16,19-21H2,1H3,(H,37,38)/t28-/m0/s1. The van der Waals surface area contributed by atoms with Crippen LogP contribution in [0.5, 0.6) is 0 Å². The number of rotatable bonds is 7. The molecule has 0 aliphatic carbocycles. The molecule has 4 aromatic rings. The van der Waals surface area contributed by atoms with E-state index in [2.05, 4.69) is 50.4 Å². The van der Waals surface area contributed by atoms with Crippen LogP contribution < -0.4 is 0 Å². The molecule has 4 heterocycles. The summed E-state index contributed by atoms with van der Waals surface area (Å²) in [5.41, 5.74) is 5.69. The van der Waals surface area contributed by atoms with Crippen LogP contribution in [0.4, 0.5) is 4.79 Å². The summed E-state index contributed by atoms with van der Waals surface area (Å²) in [6.45, 7) is 5.87. The number of carbonyl (C=O) groups excluding carboxylic acids is 1. The molecule has 1 N–H and O–H groups in total. The van der Waals surface area contributed by atoms with Crippen LogP contribution in [0.25, 0.3) is 5.65 Å². The molecule has 0 spiro atoms. The molecular weight excluding hydrogens is 490 g/mol. The summed E-state index contributed by atoms with van der Waals surface area (Å²) >= 11 is 0. The zero-order valence-electron chi connectivity index (χ0n) is 22.1. The summed E-state index contributed by atoms with van der Waals surface area (Å²) in [5, 5.41) is 9.39. The van der Waals surface area contributed by atoms with Crippen molar-refractivity contribution in [2.24, 2.45) is 0 Å². The summed E-state index contributed by atoms with van der Waals surface area (Å²) in [6.07, 6.45) is 5.68. The van der Waals surface area contributed by atoms with E-state index >= 15 is 0 Å². The highest BCUT2D eigenvalue weighted by Crippen LogP contribution is 2.35. The number of aryl methyl sites for hydroxylation is 1. The maximum absolute atomic E-state index is 13.8. The van der Waals surface area contributed by atoms with E-state index < -0.39 is 5.97 Å². The smallest absolute Gasteiger partial charge is 0.335 e. The zero-order chi connectivity index (χ0) is 26.9. The lowest BCUT2D eigenvalue weighted by Gasteiger charge is -2.39. The number of benzene rings is 2.